The number of nitrogens with zero attached hydrogens (tertiary/aromatic N) is 1. The number of halogens is 1. The van der Waals surface area contributed by atoms with Crippen LogP contribution in [0.15, 0.2) is 18.2 Å². The maximum Gasteiger partial charge on any atom is 0.338 e. The molecule has 0 N–H and O–H groups in total. The molecule has 0 spiro atoms. The second-order valence-electron chi connectivity index (χ2n) is 6.69. The maximum absolute atomic E-state index is 12.4. The first-order chi connectivity index (χ1) is 10.8. The molecule has 1 aliphatic carbocycles. The first kappa shape index (κ1) is 17.7. The molecule has 0 amide bonds. The number of carbonyl (C=O) groups is 1. The lowest BCUT2D eigenvalue weighted by molar-refractivity contribution is -0.384. The molecule has 3 atom stereocenters. The van der Waals surface area contributed by atoms with Crippen molar-refractivity contribution in [3.63, 3.8) is 0 Å². The number of benzene rings is 1. The van der Waals surface area contributed by atoms with E-state index < -0.39 is 10.9 Å². The lowest BCUT2D eigenvalue weighted by Crippen LogP contribution is -2.35. The number of nitro benzene ring substituents is 1. The van der Waals surface area contributed by atoms with Gasteiger partial charge in [0.25, 0.3) is 5.69 Å². The SMILES string of the molecule is CC(C)[C@@H]1CC[C@@H](C)C[C@H]1OC(=O)c1ccc(Cl)c([N+](=O)[O-])c1. The van der Waals surface area contributed by atoms with Crippen LogP contribution >= 0.6 is 11.6 Å². The quantitative estimate of drug-likeness (QED) is 0.446. The number of nitro groups is 1. The highest BCUT2D eigenvalue weighted by atomic mass is 35.5. The molecule has 0 radical (unpaired) electrons. The van der Waals surface area contributed by atoms with Gasteiger partial charge in [0.05, 0.1) is 10.5 Å². The Hall–Kier alpha value is -1.62. The number of ether oxygens (including phenoxy) is 1. The molecular formula is C17H22ClNO4. The van der Waals surface area contributed by atoms with Crippen LogP contribution in [-0.4, -0.2) is 17.0 Å². The molecule has 0 aromatic heterocycles. The summed E-state index contributed by atoms with van der Waals surface area (Å²) in [5.41, 5.74) is -0.111. The van der Waals surface area contributed by atoms with Gasteiger partial charge in [-0.15, -0.1) is 0 Å². The van der Waals surface area contributed by atoms with Crippen LogP contribution in [0, 0.1) is 27.9 Å². The smallest absolute Gasteiger partial charge is 0.338 e. The summed E-state index contributed by atoms with van der Waals surface area (Å²) >= 11 is 5.78. The minimum absolute atomic E-state index is 0.0119. The van der Waals surface area contributed by atoms with E-state index in [1.807, 2.05) is 0 Å². The molecular weight excluding hydrogens is 318 g/mol. The van der Waals surface area contributed by atoms with Crippen molar-refractivity contribution in [2.24, 2.45) is 17.8 Å². The van der Waals surface area contributed by atoms with Gasteiger partial charge in [-0.05, 0) is 42.7 Å². The molecule has 0 unspecified atom stereocenters. The van der Waals surface area contributed by atoms with Crippen molar-refractivity contribution >= 4 is 23.3 Å². The van der Waals surface area contributed by atoms with Crippen LogP contribution in [0.2, 0.25) is 5.02 Å². The molecule has 23 heavy (non-hydrogen) atoms. The number of hydrogen-bond acceptors (Lipinski definition) is 4. The molecule has 1 fully saturated rings. The Morgan fingerprint density at radius 1 is 1.39 bits per heavy atom. The molecule has 0 aliphatic heterocycles. The summed E-state index contributed by atoms with van der Waals surface area (Å²) in [6.45, 7) is 6.42. The van der Waals surface area contributed by atoms with Crippen LogP contribution < -0.4 is 0 Å². The average molecular weight is 340 g/mol. The van der Waals surface area contributed by atoms with Gasteiger partial charge in [0.1, 0.15) is 11.1 Å². The molecule has 0 heterocycles. The van der Waals surface area contributed by atoms with Gasteiger partial charge >= 0.3 is 5.97 Å². The van der Waals surface area contributed by atoms with Crippen LogP contribution in [0.4, 0.5) is 5.69 Å². The van der Waals surface area contributed by atoms with Gasteiger partial charge in [-0.25, -0.2) is 4.79 Å². The number of carbonyl (C=O) groups excluding carboxylic acids is 1. The van der Waals surface area contributed by atoms with Gasteiger partial charge in [-0.3, -0.25) is 10.1 Å². The van der Waals surface area contributed by atoms with Crippen LogP contribution in [0.25, 0.3) is 0 Å². The second-order valence-corrected chi connectivity index (χ2v) is 7.10. The zero-order chi connectivity index (χ0) is 17.1. The number of esters is 1. The third-order valence-corrected chi connectivity index (χ3v) is 4.92. The van der Waals surface area contributed by atoms with Crippen molar-refractivity contribution in [1.29, 1.82) is 0 Å². The zero-order valence-corrected chi connectivity index (χ0v) is 14.4. The molecule has 126 valence electrons. The molecule has 1 aliphatic rings. The third kappa shape index (κ3) is 4.22. The zero-order valence-electron chi connectivity index (χ0n) is 13.6. The number of hydrogen-bond donors (Lipinski definition) is 0. The largest absolute Gasteiger partial charge is 0.458 e. The summed E-state index contributed by atoms with van der Waals surface area (Å²) in [6.07, 6.45) is 2.88. The molecule has 2 rings (SSSR count). The second kappa shape index (κ2) is 7.30. The maximum atomic E-state index is 12.4. The molecule has 0 bridgehead atoms. The van der Waals surface area contributed by atoms with Crippen LogP contribution in [0.3, 0.4) is 0 Å². The fourth-order valence-corrected chi connectivity index (χ4v) is 3.42. The topological polar surface area (TPSA) is 69.4 Å². The van der Waals surface area contributed by atoms with E-state index in [9.17, 15) is 14.9 Å². The van der Waals surface area contributed by atoms with Crippen molar-refractivity contribution in [1.82, 2.24) is 0 Å². The molecule has 0 saturated heterocycles. The van der Waals surface area contributed by atoms with Gasteiger partial charge in [-0.2, -0.15) is 0 Å². The number of rotatable bonds is 4. The molecule has 6 heteroatoms. The van der Waals surface area contributed by atoms with Crippen molar-refractivity contribution in [3.05, 3.63) is 38.9 Å². The van der Waals surface area contributed by atoms with E-state index in [0.29, 0.717) is 17.8 Å². The lowest BCUT2D eigenvalue weighted by Gasteiger charge is -2.36. The van der Waals surface area contributed by atoms with Crippen molar-refractivity contribution in [2.45, 2.75) is 46.1 Å². The summed E-state index contributed by atoms with van der Waals surface area (Å²) in [5, 5.41) is 11.0. The Kier molecular flexibility index (Phi) is 5.63. The van der Waals surface area contributed by atoms with Crippen molar-refractivity contribution < 1.29 is 14.5 Å². The minimum atomic E-state index is -0.598. The molecule has 1 saturated carbocycles. The molecule has 1 aromatic rings. The summed E-state index contributed by atoms with van der Waals surface area (Å²) in [7, 11) is 0. The van der Waals surface area contributed by atoms with E-state index in [1.54, 1.807) is 0 Å². The van der Waals surface area contributed by atoms with Crippen molar-refractivity contribution in [2.75, 3.05) is 0 Å². The monoisotopic (exact) mass is 339 g/mol. The fraction of sp³-hybridized carbons (Fsp3) is 0.588. The van der Waals surface area contributed by atoms with Gasteiger partial charge in [0.15, 0.2) is 0 Å². The summed E-state index contributed by atoms with van der Waals surface area (Å²) < 4.78 is 5.69. The highest BCUT2D eigenvalue weighted by Crippen LogP contribution is 2.36. The highest BCUT2D eigenvalue weighted by Gasteiger charge is 2.33. The normalized spacial score (nSPS) is 24.5. The first-order valence-electron chi connectivity index (χ1n) is 7.94. The van der Waals surface area contributed by atoms with E-state index in [0.717, 1.165) is 19.3 Å². The minimum Gasteiger partial charge on any atom is -0.458 e. The van der Waals surface area contributed by atoms with Crippen molar-refractivity contribution in [3.8, 4) is 0 Å². The van der Waals surface area contributed by atoms with Crippen LogP contribution in [0.5, 0.6) is 0 Å². The molecule has 5 nitrogen and oxygen atoms in total. The lowest BCUT2D eigenvalue weighted by atomic mass is 9.75. The van der Waals surface area contributed by atoms with Gasteiger partial charge < -0.3 is 4.74 Å². The van der Waals surface area contributed by atoms with E-state index in [2.05, 4.69) is 20.8 Å². The third-order valence-electron chi connectivity index (χ3n) is 4.60. The average Bonchev–Trinajstić information content (AvgIpc) is 2.46. The van der Waals surface area contributed by atoms with Gasteiger partial charge in [0.2, 0.25) is 0 Å². The van der Waals surface area contributed by atoms with Crippen LogP contribution in [0.1, 0.15) is 50.4 Å². The van der Waals surface area contributed by atoms with Gasteiger partial charge in [-0.1, -0.05) is 38.8 Å². The van der Waals surface area contributed by atoms with E-state index in [4.69, 9.17) is 16.3 Å². The summed E-state index contributed by atoms with van der Waals surface area (Å²) in [6, 6.07) is 4.01. The fourth-order valence-electron chi connectivity index (χ4n) is 3.24. The predicted octanol–water partition coefficient (Wildman–Crippen LogP) is 4.87. The van der Waals surface area contributed by atoms with Gasteiger partial charge in [0, 0.05) is 6.07 Å². The highest BCUT2D eigenvalue weighted by molar-refractivity contribution is 6.32. The Bertz CT molecular complexity index is 602. The standard InChI is InChI=1S/C17H22ClNO4/c1-10(2)13-6-4-11(3)8-16(13)23-17(20)12-5-7-14(18)15(9-12)19(21)22/h5,7,9-11,13,16H,4,6,8H2,1-3H3/t11-,13+,16-/m1/s1. The van der Waals surface area contributed by atoms with E-state index in [1.165, 1.54) is 18.2 Å². The Labute approximate surface area is 141 Å². The van der Waals surface area contributed by atoms with E-state index >= 15 is 0 Å². The molecule has 1 aromatic carbocycles. The summed E-state index contributed by atoms with van der Waals surface area (Å²) in [5.74, 6) is 0.758. The first-order valence-corrected chi connectivity index (χ1v) is 8.32. The Morgan fingerprint density at radius 2 is 2.09 bits per heavy atom. The Morgan fingerprint density at radius 3 is 2.70 bits per heavy atom. The predicted molar refractivity (Wildman–Crippen MR) is 88.7 cm³/mol. The van der Waals surface area contributed by atoms with Crippen LogP contribution in [-0.2, 0) is 4.74 Å². The van der Waals surface area contributed by atoms with E-state index in [-0.39, 0.29) is 22.4 Å². The Balaban J connectivity index is 2.17. The summed E-state index contributed by atoms with van der Waals surface area (Å²) in [4.78, 5) is 22.7.